The van der Waals surface area contributed by atoms with E-state index in [0.717, 1.165) is 0 Å². The summed E-state index contributed by atoms with van der Waals surface area (Å²) in [5.74, 6) is 0.0918. The van der Waals surface area contributed by atoms with Crippen LogP contribution < -0.4 is 11.1 Å². The highest BCUT2D eigenvalue weighted by Crippen LogP contribution is 2.33. The van der Waals surface area contributed by atoms with Crippen LogP contribution in [0.15, 0.2) is 48.5 Å². The van der Waals surface area contributed by atoms with E-state index in [-0.39, 0.29) is 17.1 Å². The molecule has 0 atom stereocenters. The smallest absolute Gasteiger partial charge is 0.142 e. The third-order valence-electron chi connectivity index (χ3n) is 3.81. The van der Waals surface area contributed by atoms with Crippen molar-refractivity contribution in [1.82, 2.24) is 4.98 Å². The molecule has 3 aromatic rings. The number of aromatic nitrogens is 1. The zero-order valence-electron chi connectivity index (χ0n) is 13.5. The number of nitriles is 1. The number of phenolic OH excluding ortho intramolecular Hbond substituents is 1. The Hall–Kier alpha value is -3.30. The number of hydrogen-bond acceptors (Lipinski definition) is 5. The van der Waals surface area contributed by atoms with Gasteiger partial charge in [0.05, 0.1) is 11.3 Å². The molecule has 0 radical (unpaired) electrons. The molecule has 1 aromatic heterocycles. The fraction of sp³-hybridized carbons (Fsp3) is 0.0526. The largest absolute Gasteiger partial charge is 0.507 e. The zero-order valence-corrected chi connectivity index (χ0v) is 14.3. The number of nitrogens with one attached hydrogen (secondary N) is 1. The average molecular weight is 369 g/mol. The topological polar surface area (TPSA) is 95.0 Å². The van der Waals surface area contributed by atoms with Gasteiger partial charge in [-0.15, -0.1) is 0 Å². The Morgan fingerprint density at radius 2 is 2.00 bits per heavy atom. The van der Waals surface area contributed by atoms with Crippen LogP contribution in [0.25, 0.3) is 11.3 Å². The van der Waals surface area contributed by atoms with Crippen LogP contribution in [-0.4, -0.2) is 10.1 Å². The summed E-state index contributed by atoms with van der Waals surface area (Å²) in [6.45, 7) is -0.665. The summed E-state index contributed by atoms with van der Waals surface area (Å²) < 4.78 is 13.2. The molecule has 1 heterocycles. The fourth-order valence-corrected chi connectivity index (χ4v) is 2.68. The van der Waals surface area contributed by atoms with E-state index in [1.54, 1.807) is 36.4 Å². The number of phenols is 1. The number of hydrogen-bond donors (Lipinski definition) is 3. The first kappa shape index (κ1) is 17.5. The number of anilines is 3. The van der Waals surface area contributed by atoms with Crippen molar-refractivity contribution >= 4 is 28.8 Å². The molecule has 0 saturated carbocycles. The van der Waals surface area contributed by atoms with Crippen LogP contribution >= 0.6 is 11.6 Å². The second-order valence-electron chi connectivity index (χ2n) is 5.53. The van der Waals surface area contributed by atoms with Gasteiger partial charge in [-0.1, -0.05) is 11.6 Å². The summed E-state index contributed by atoms with van der Waals surface area (Å²) in [5, 5.41) is 22.7. The number of aromatic hydroxyl groups is 1. The highest BCUT2D eigenvalue weighted by Gasteiger charge is 2.11. The van der Waals surface area contributed by atoms with Crippen molar-refractivity contribution in [2.24, 2.45) is 0 Å². The van der Waals surface area contributed by atoms with Crippen LogP contribution in [0.5, 0.6) is 5.75 Å². The number of nitrogen functional groups attached to an aromatic ring is 1. The Kier molecular flexibility index (Phi) is 4.92. The first-order valence-corrected chi connectivity index (χ1v) is 8.01. The molecule has 7 heteroatoms. The summed E-state index contributed by atoms with van der Waals surface area (Å²) in [6.07, 6.45) is 0. The van der Waals surface area contributed by atoms with Gasteiger partial charge in [0.2, 0.25) is 0 Å². The maximum Gasteiger partial charge on any atom is 0.142 e. The molecule has 0 bridgehead atoms. The standard InChI is InChI=1S/C19H14ClFN4O/c20-13-2-5-16(12(7-13)9-21)24-14-3-6-18(26)15(8-14)17-4-1-11(10-22)19(23)25-17/h1-8,24,26H,9H2,(H2,23,25). The van der Waals surface area contributed by atoms with Crippen molar-refractivity contribution < 1.29 is 9.50 Å². The van der Waals surface area contributed by atoms with Gasteiger partial charge in [0.1, 0.15) is 24.3 Å². The molecular formula is C19H14ClFN4O. The summed E-state index contributed by atoms with van der Waals surface area (Å²) >= 11 is 5.89. The minimum absolute atomic E-state index is 0.00831. The van der Waals surface area contributed by atoms with Crippen LogP contribution in [0.1, 0.15) is 11.1 Å². The minimum Gasteiger partial charge on any atom is -0.507 e. The second-order valence-corrected chi connectivity index (χ2v) is 5.97. The third-order valence-corrected chi connectivity index (χ3v) is 4.04. The molecule has 0 aliphatic heterocycles. The molecule has 0 unspecified atom stereocenters. The average Bonchev–Trinajstić information content (AvgIpc) is 2.64. The Morgan fingerprint density at radius 1 is 1.19 bits per heavy atom. The van der Waals surface area contributed by atoms with E-state index in [2.05, 4.69) is 10.3 Å². The second kappa shape index (κ2) is 7.30. The van der Waals surface area contributed by atoms with Gasteiger partial charge in [-0.3, -0.25) is 0 Å². The van der Waals surface area contributed by atoms with Gasteiger partial charge < -0.3 is 16.2 Å². The lowest BCUT2D eigenvalue weighted by atomic mass is 10.1. The van der Waals surface area contributed by atoms with Gasteiger partial charge in [0.25, 0.3) is 0 Å². The van der Waals surface area contributed by atoms with Crippen molar-refractivity contribution in [1.29, 1.82) is 5.26 Å². The van der Waals surface area contributed by atoms with Crippen LogP contribution in [-0.2, 0) is 6.67 Å². The first-order valence-electron chi connectivity index (χ1n) is 7.63. The summed E-state index contributed by atoms with van der Waals surface area (Å²) in [5.41, 5.74) is 8.48. The predicted molar refractivity (Wildman–Crippen MR) is 100 cm³/mol. The molecule has 4 N–H and O–H groups in total. The molecule has 0 fully saturated rings. The number of rotatable bonds is 4. The van der Waals surface area contributed by atoms with E-state index in [1.165, 1.54) is 12.1 Å². The molecule has 130 valence electrons. The van der Waals surface area contributed by atoms with E-state index >= 15 is 0 Å². The SMILES string of the molecule is N#Cc1ccc(-c2cc(Nc3ccc(Cl)cc3CF)ccc2O)nc1N. The fourth-order valence-electron chi connectivity index (χ4n) is 2.49. The lowest BCUT2D eigenvalue weighted by Gasteiger charge is -2.13. The van der Waals surface area contributed by atoms with Crippen LogP contribution in [0.2, 0.25) is 5.02 Å². The van der Waals surface area contributed by atoms with E-state index in [4.69, 9.17) is 22.6 Å². The van der Waals surface area contributed by atoms with E-state index < -0.39 is 6.67 Å². The van der Waals surface area contributed by atoms with Crippen molar-refractivity contribution in [3.63, 3.8) is 0 Å². The Morgan fingerprint density at radius 3 is 2.69 bits per heavy atom. The number of halogens is 2. The lowest BCUT2D eigenvalue weighted by molar-refractivity contribution is 0.477. The van der Waals surface area contributed by atoms with Gasteiger partial charge in [0, 0.05) is 27.5 Å². The number of alkyl halides is 1. The summed E-state index contributed by atoms with van der Waals surface area (Å²) in [6, 6.07) is 14.8. The van der Waals surface area contributed by atoms with Gasteiger partial charge >= 0.3 is 0 Å². The highest BCUT2D eigenvalue weighted by atomic mass is 35.5. The molecule has 0 saturated heterocycles. The Bertz CT molecular complexity index is 1020. The maximum absolute atomic E-state index is 13.2. The molecule has 0 amide bonds. The quantitative estimate of drug-likeness (QED) is 0.576. The monoisotopic (exact) mass is 368 g/mol. The van der Waals surface area contributed by atoms with Gasteiger partial charge in [-0.2, -0.15) is 5.26 Å². The van der Waals surface area contributed by atoms with E-state index in [0.29, 0.717) is 33.2 Å². The number of nitrogens with zero attached hydrogens (tertiary/aromatic N) is 2. The molecular weight excluding hydrogens is 355 g/mol. The van der Waals surface area contributed by atoms with E-state index in [9.17, 15) is 9.50 Å². The van der Waals surface area contributed by atoms with Crippen molar-refractivity contribution in [3.05, 3.63) is 64.7 Å². The Labute approximate surface area is 154 Å². The molecule has 26 heavy (non-hydrogen) atoms. The van der Waals surface area contributed by atoms with Crippen LogP contribution in [0, 0.1) is 11.3 Å². The van der Waals surface area contributed by atoms with Crippen LogP contribution in [0.3, 0.4) is 0 Å². The summed E-state index contributed by atoms with van der Waals surface area (Å²) in [4.78, 5) is 4.16. The van der Waals surface area contributed by atoms with Crippen LogP contribution in [0.4, 0.5) is 21.6 Å². The number of benzene rings is 2. The molecule has 0 aliphatic carbocycles. The number of nitrogens with two attached hydrogens (primary N) is 1. The maximum atomic E-state index is 13.2. The molecule has 3 rings (SSSR count). The normalized spacial score (nSPS) is 10.3. The van der Waals surface area contributed by atoms with Crippen molar-refractivity contribution in [3.8, 4) is 23.1 Å². The lowest BCUT2D eigenvalue weighted by Crippen LogP contribution is -1.98. The van der Waals surface area contributed by atoms with Gasteiger partial charge in [-0.25, -0.2) is 9.37 Å². The van der Waals surface area contributed by atoms with Crippen molar-refractivity contribution in [2.45, 2.75) is 6.67 Å². The van der Waals surface area contributed by atoms with Gasteiger partial charge in [-0.05, 0) is 48.5 Å². The van der Waals surface area contributed by atoms with Crippen molar-refractivity contribution in [2.75, 3.05) is 11.1 Å². The zero-order chi connectivity index (χ0) is 18.7. The molecule has 0 spiro atoms. The molecule has 2 aromatic carbocycles. The molecule has 5 nitrogen and oxygen atoms in total. The third kappa shape index (κ3) is 3.53. The Balaban J connectivity index is 1.98. The predicted octanol–water partition coefficient (Wildman–Crippen LogP) is 4.77. The summed E-state index contributed by atoms with van der Waals surface area (Å²) in [7, 11) is 0. The molecule has 0 aliphatic rings. The number of pyridine rings is 1. The highest BCUT2D eigenvalue weighted by molar-refractivity contribution is 6.30. The first-order chi connectivity index (χ1) is 12.5. The van der Waals surface area contributed by atoms with Gasteiger partial charge in [0.15, 0.2) is 0 Å². The van der Waals surface area contributed by atoms with E-state index in [1.807, 2.05) is 6.07 Å². The minimum atomic E-state index is -0.665.